The maximum Gasteiger partial charge on any atom is 0.271 e. The van der Waals surface area contributed by atoms with Gasteiger partial charge in [-0.2, -0.15) is 0 Å². The predicted octanol–water partition coefficient (Wildman–Crippen LogP) is 0.952. The Kier molecular flexibility index (Phi) is 4.21. The molecule has 0 bridgehead atoms. The highest BCUT2D eigenvalue weighted by Gasteiger charge is 2.21. The third-order valence-corrected chi connectivity index (χ3v) is 4.09. The molecule has 21 heavy (non-hydrogen) atoms. The number of anilines is 1. The number of rotatable bonds is 6. The van der Waals surface area contributed by atoms with Crippen molar-refractivity contribution in [1.29, 1.82) is 0 Å². The molecule has 9 nitrogen and oxygen atoms in total. The second kappa shape index (κ2) is 5.91. The Morgan fingerprint density at radius 2 is 2.10 bits per heavy atom. The fraction of sp³-hybridized carbons (Fsp3) is 0.0909. The van der Waals surface area contributed by atoms with Gasteiger partial charge in [-0.3, -0.25) is 16.0 Å². The van der Waals surface area contributed by atoms with Gasteiger partial charge in [-0.25, -0.2) is 13.1 Å². The van der Waals surface area contributed by atoms with Crippen molar-refractivity contribution in [1.82, 2.24) is 4.72 Å². The molecule has 1 heterocycles. The average molecular weight is 312 g/mol. The Morgan fingerprint density at radius 3 is 2.67 bits per heavy atom. The molecule has 0 aliphatic carbocycles. The van der Waals surface area contributed by atoms with Crippen molar-refractivity contribution < 1.29 is 17.8 Å². The maximum atomic E-state index is 12.2. The Morgan fingerprint density at radius 1 is 1.33 bits per heavy atom. The van der Waals surface area contributed by atoms with Crippen molar-refractivity contribution in [2.24, 2.45) is 5.84 Å². The number of hydrazine groups is 1. The SMILES string of the molecule is NNc1cc([N+](=O)[O-])ccc1S(=O)(=O)NCc1ccco1. The number of nitrogens with zero attached hydrogens (tertiary/aromatic N) is 1. The first-order valence-corrected chi connectivity index (χ1v) is 7.19. The quantitative estimate of drug-likeness (QED) is 0.409. The molecule has 0 amide bonds. The molecule has 0 aliphatic heterocycles. The Hall–Kier alpha value is -2.43. The van der Waals surface area contributed by atoms with Crippen LogP contribution in [-0.4, -0.2) is 13.3 Å². The average Bonchev–Trinajstić information content (AvgIpc) is 2.97. The minimum absolute atomic E-state index is 0.0453. The molecule has 0 saturated carbocycles. The number of hydrogen-bond acceptors (Lipinski definition) is 7. The number of nitro benzene ring substituents is 1. The summed E-state index contributed by atoms with van der Waals surface area (Å²) in [6.45, 7) is -0.0453. The molecule has 1 aromatic heterocycles. The van der Waals surface area contributed by atoms with Crippen LogP contribution in [0.4, 0.5) is 11.4 Å². The molecule has 1 aromatic carbocycles. The number of nitrogens with one attached hydrogen (secondary N) is 2. The molecular formula is C11H12N4O5S. The summed E-state index contributed by atoms with van der Waals surface area (Å²) in [5.74, 6) is 5.66. The zero-order valence-corrected chi connectivity index (χ0v) is 11.5. The van der Waals surface area contributed by atoms with E-state index in [2.05, 4.69) is 10.1 Å². The topological polar surface area (TPSA) is 140 Å². The molecule has 2 aromatic rings. The number of benzene rings is 1. The summed E-state index contributed by atoms with van der Waals surface area (Å²) >= 11 is 0. The van der Waals surface area contributed by atoms with Crippen molar-refractivity contribution >= 4 is 21.4 Å². The van der Waals surface area contributed by atoms with Gasteiger partial charge < -0.3 is 9.84 Å². The molecule has 0 atom stereocenters. The monoisotopic (exact) mass is 312 g/mol. The first-order chi connectivity index (χ1) is 9.94. The minimum Gasteiger partial charge on any atom is -0.468 e. The lowest BCUT2D eigenvalue weighted by Gasteiger charge is -2.10. The van der Waals surface area contributed by atoms with Gasteiger partial charge >= 0.3 is 0 Å². The van der Waals surface area contributed by atoms with E-state index >= 15 is 0 Å². The maximum absolute atomic E-state index is 12.2. The number of furan rings is 1. The summed E-state index contributed by atoms with van der Waals surface area (Å²) in [5, 5.41) is 10.7. The standard InChI is InChI=1S/C11H12N4O5S/c12-14-10-6-8(15(16)17)3-4-11(10)21(18,19)13-7-9-2-1-5-20-9/h1-6,13-14H,7,12H2. The van der Waals surface area contributed by atoms with E-state index in [9.17, 15) is 18.5 Å². The molecular weight excluding hydrogens is 300 g/mol. The number of nitro groups is 1. The van der Waals surface area contributed by atoms with Crippen LogP contribution in [0.3, 0.4) is 0 Å². The minimum atomic E-state index is -3.90. The number of nitrogens with two attached hydrogens (primary N) is 1. The van der Waals surface area contributed by atoms with Crippen LogP contribution in [0.25, 0.3) is 0 Å². The summed E-state index contributed by atoms with van der Waals surface area (Å²) in [5.41, 5.74) is 1.80. The van der Waals surface area contributed by atoms with Crippen LogP contribution in [0, 0.1) is 10.1 Å². The molecule has 0 spiro atoms. The van der Waals surface area contributed by atoms with Gasteiger partial charge in [0, 0.05) is 12.1 Å². The first kappa shape index (κ1) is 15.0. The van der Waals surface area contributed by atoms with E-state index in [0.29, 0.717) is 5.76 Å². The number of non-ortho nitro benzene ring substituents is 1. The van der Waals surface area contributed by atoms with E-state index in [4.69, 9.17) is 10.3 Å². The highest BCUT2D eigenvalue weighted by atomic mass is 32.2. The van der Waals surface area contributed by atoms with Gasteiger partial charge in [0.1, 0.15) is 10.7 Å². The zero-order chi connectivity index (χ0) is 15.5. The molecule has 2 rings (SSSR count). The first-order valence-electron chi connectivity index (χ1n) is 5.71. The third kappa shape index (κ3) is 3.37. The largest absolute Gasteiger partial charge is 0.468 e. The van der Waals surface area contributed by atoms with Gasteiger partial charge in [-0.15, -0.1) is 0 Å². The van der Waals surface area contributed by atoms with Crippen LogP contribution in [0.2, 0.25) is 0 Å². The van der Waals surface area contributed by atoms with E-state index < -0.39 is 14.9 Å². The van der Waals surface area contributed by atoms with E-state index in [1.54, 1.807) is 12.1 Å². The normalized spacial score (nSPS) is 11.3. The Balaban J connectivity index is 2.28. The van der Waals surface area contributed by atoms with Crippen molar-refractivity contribution in [2.75, 3.05) is 5.43 Å². The van der Waals surface area contributed by atoms with Gasteiger partial charge in [-0.05, 0) is 18.2 Å². The number of sulfonamides is 1. The smallest absolute Gasteiger partial charge is 0.271 e. The predicted molar refractivity (Wildman–Crippen MR) is 73.6 cm³/mol. The summed E-state index contributed by atoms with van der Waals surface area (Å²) in [4.78, 5) is 9.83. The van der Waals surface area contributed by atoms with Crippen LogP contribution in [-0.2, 0) is 16.6 Å². The third-order valence-electron chi connectivity index (χ3n) is 2.64. The zero-order valence-electron chi connectivity index (χ0n) is 10.6. The lowest BCUT2D eigenvalue weighted by molar-refractivity contribution is -0.384. The highest BCUT2D eigenvalue weighted by molar-refractivity contribution is 7.89. The molecule has 0 radical (unpaired) electrons. The van der Waals surface area contributed by atoms with E-state index in [0.717, 1.165) is 18.2 Å². The van der Waals surface area contributed by atoms with Crippen molar-refractivity contribution in [3.63, 3.8) is 0 Å². The van der Waals surface area contributed by atoms with E-state index in [-0.39, 0.29) is 22.8 Å². The van der Waals surface area contributed by atoms with Crippen molar-refractivity contribution in [3.05, 3.63) is 52.5 Å². The summed E-state index contributed by atoms with van der Waals surface area (Å²) < 4.78 is 31.7. The highest BCUT2D eigenvalue weighted by Crippen LogP contribution is 2.25. The van der Waals surface area contributed by atoms with E-state index in [1.165, 1.54) is 6.26 Å². The summed E-state index contributed by atoms with van der Waals surface area (Å²) in [6, 6.07) is 6.48. The lowest BCUT2D eigenvalue weighted by Crippen LogP contribution is -2.25. The Labute approximate surface area is 119 Å². The lowest BCUT2D eigenvalue weighted by atomic mass is 10.3. The van der Waals surface area contributed by atoms with Crippen LogP contribution < -0.4 is 16.0 Å². The van der Waals surface area contributed by atoms with Crippen molar-refractivity contribution in [2.45, 2.75) is 11.4 Å². The van der Waals surface area contributed by atoms with Crippen LogP contribution >= 0.6 is 0 Å². The molecule has 0 fully saturated rings. The Bertz CT molecular complexity index is 742. The van der Waals surface area contributed by atoms with Gasteiger partial charge in [0.15, 0.2) is 0 Å². The number of nitrogen functional groups attached to an aromatic ring is 1. The summed E-state index contributed by atoms with van der Waals surface area (Å²) in [6.07, 6.45) is 1.42. The molecule has 0 aliphatic rings. The molecule has 0 unspecified atom stereocenters. The van der Waals surface area contributed by atoms with Gasteiger partial charge in [-0.1, -0.05) is 0 Å². The second-order valence-corrected chi connectivity index (χ2v) is 5.72. The fourth-order valence-electron chi connectivity index (χ4n) is 1.64. The van der Waals surface area contributed by atoms with Crippen LogP contribution in [0.15, 0.2) is 45.9 Å². The van der Waals surface area contributed by atoms with Crippen LogP contribution in [0.5, 0.6) is 0 Å². The van der Waals surface area contributed by atoms with Gasteiger partial charge in [0.25, 0.3) is 5.69 Å². The summed E-state index contributed by atoms with van der Waals surface area (Å²) in [7, 11) is -3.90. The molecule has 112 valence electrons. The fourth-order valence-corrected chi connectivity index (χ4v) is 2.78. The molecule has 0 saturated heterocycles. The van der Waals surface area contributed by atoms with Crippen LogP contribution in [0.1, 0.15) is 5.76 Å². The molecule has 4 N–H and O–H groups in total. The van der Waals surface area contributed by atoms with E-state index in [1.807, 2.05) is 0 Å². The number of hydrogen-bond donors (Lipinski definition) is 3. The van der Waals surface area contributed by atoms with Gasteiger partial charge in [0.2, 0.25) is 10.0 Å². The molecule has 10 heteroatoms. The van der Waals surface area contributed by atoms with Gasteiger partial charge in [0.05, 0.1) is 23.4 Å². The van der Waals surface area contributed by atoms with Crippen molar-refractivity contribution in [3.8, 4) is 0 Å². The second-order valence-electron chi connectivity index (χ2n) is 3.99.